The largest absolute Gasteiger partial charge is 0.381 e. The molecule has 0 amide bonds. The van der Waals surface area contributed by atoms with E-state index < -0.39 is 0 Å². The van der Waals surface area contributed by atoms with Crippen molar-refractivity contribution in [1.82, 2.24) is 4.90 Å². The fraction of sp³-hybridized carbons (Fsp3) is 0.368. The molecule has 0 spiro atoms. The monoisotopic (exact) mass is 282 g/mol. The first kappa shape index (κ1) is 15.6. The molecule has 0 aliphatic rings. The summed E-state index contributed by atoms with van der Waals surface area (Å²) in [6.07, 6.45) is 0. The van der Waals surface area contributed by atoms with E-state index in [-0.39, 0.29) is 0 Å². The van der Waals surface area contributed by atoms with Crippen LogP contribution in [-0.2, 0) is 13.1 Å². The second-order valence-corrected chi connectivity index (χ2v) is 6.19. The van der Waals surface area contributed by atoms with Crippen molar-refractivity contribution in [3.63, 3.8) is 0 Å². The molecule has 0 fully saturated rings. The quantitative estimate of drug-likeness (QED) is 0.840. The Morgan fingerprint density at radius 1 is 0.952 bits per heavy atom. The summed E-state index contributed by atoms with van der Waals surface area (Å²) in [6.45, 7) is 6.29. The minimum Gasteiger partial charge on any atom is -0.381 e. The number of rotatable bonds is 6. The topological polar surface area (TPSA) is 15.3 Å². The molecule has 1 N–H and O–H groups in total. The fourth-order valence-corrected chi connectivity index (χ4v) is 2.37. The van der Waals surface area contributed by atoms with Crippen LogP contribution in [0.3, 0.4) is 0 Å². The van der Waals surface area contributed by atoms with E-state index in [2.05, 4.69) is 86.7 Å². The molecule has 2 rings (SSSR count). The second kappa shape index (κ2) is 7.28. The molecule has 2 heteroatoms. The predicted octanol–water partition coefficient (Wildman–Crippen LogP) is 4.48. The first-order valence-electron chi connectivity index (χ1n) is 7.61. The van der Waals surface area contributed by atoms with Crippen molar-refractivity contribution in [2.45, 2.75) is 32.9 Å². The highest BCUT2D eigenvalue weighted by atomic mass is 15.0. The Balaban J connectivity index is 1.96. The summed E-state index contributed by atoms with van der Waals surface area (Å²) in [7, 11) is 4.19. The number of nitrogens with one attached hydrogen (secondary N) is 1. The molecule has 2 nitrogen and oxygen atoms in total. The fourth-order valence-electron chi connectivity index (χ4n) is 2.37. The molecule has 0 saturated heterocycles. The van der Waals surface area contributed by atoms with Gasteiger partial charge >= 0.3 is 0 Å². The highest BCUT2D eigenvalue weighted by molar-refractivity contribution is 5.46. The molecule has 0 unspecified atom stereocenters. The summed E-state index contributed by atoms with van der Waals surface area (Å²) < 4.78 is 0. The summed E-state index contributed by atoms with van der Waals surface area (Å²) in [5.41, 5.74) is 5.23. The number of hydrogen-bond acceptors (Lipinski definition) is 2. The van der Waals surface area contributed by atoms with Crippen LogP contribution < -0.4 is 5.32 Å². The summed E-state index contributed by atoms with van der Waals surface area (Å²) in [6, 6.07) is 17.5. The lowest BCUT2D eigenvalue weighted by Gasteiger charge is -2.12. The third kappa shape index (κ3) is 4.91. The number of hydrogen-bond donors (Lipinski definition) is 1. The molecule has 2 aromatic rings. The van der Waals surface area contributed by atoms with Gasteiger partial charge in [-0.1, -0.05) is 50.2 Å². The average molecular weight is 282 g/mol. The van der Waals surface area contributed by atoms with Crippen LogP contribution in [0.5, 0.6) is 0 Å². The first-order valence-corrected chi connectivity index (χ1v) is 7.61. The third-order valence-electron chi connectivity index (χ3n) is 3.57. The van der Waals surface area contributed by atoms with Crippen LogP contribution in [-0.4, -0.2) is 19.0 Å². The molecule has 0 radical (unpaired) electrons. The summed E-state index contributed by atoms with van der Waals surface area (Å²) in [4.78, 5) is 2.18. The molecule has 0 bridgehead atoms. The number of benzene rings is 2. The Morgan fingerprint density at radius 3 is 2.29 bits per heavy atom. The molecule has 0 heterocycles. The molecular formula is C19H26N2. The molecule has 0 saturated carbocycles. The predicted molar refractivity (Wildman–Crippen MR) is 91.7 cm³/mol. The summed E-state index contributed by atoms with van der Waals surface area (Å²) in [5.74, 6) is 0.592. The van der Waals surface area contributed by atoms with Gasteiger partial charge in [0.1, 0.15) is 0 Å². The van der Waals surface area contributed by atoms with Gasteiger partial charge in [0.2, 0.25) is 0 Å². The zero-order valence-corrected chi connectivity index (χ0v) is 13.6. The van der Waals surface area contributed by atoms with Crippen LogP contribution in [0.2, 0.25) is 0 Å². The normalized spacial score (nSPS) is 11.1. The van der Waals surface area contributed by atoms with E-state index in [9.17, 15) is 0 Å². The van der Waals surface area contributed by atoms with Crippen LogP contribution in [0.25, 0.3) is 0 Å². The molecule has 0 aromatic heterocycles. The van der Waals surface area contributed by atoms with Crippen molar-refractivity contribution in [3.05, 3.63) is 65.2 Å². The molecule has 0 aliphatic carbocycles. The zero-order chi connectivity index (χ0) is 15.2. The van der Waals surface area contributed by atoms with Crippen LogP contribution >= 0.6 is 0 Å². The highest BCUT2D eigenvalue weighted by Gasteiger charge is 2.00. The zero-order valence-electron chi connectivity index (χ0n) is 13.6. The standard InChI is InChI=1S/C19H26N2/c1-15(2)18-10-8-16(9-11-18)13-20-19-7-5-6-17(12-19)14-21(3)4/h5-12,15,20H,13-14H2,1-4H3. The Morgan fingerprint density at radius 2 is 1.67 bits per heavy atom. The maximum absolute atomic E-state index is 3.50. The van der Waals surface area contributed by atoms with Gasteiger partial charge in [-0.05, 0) is 48.8 Å². The molecule has 0 aliphatic heterocycles. The van der Waals surface area contributed by atoms with Gasteiger partial charge in [0.25, 0.3) is 0 Å². The van der Waals surface area contributed by atoms with E-state index in [1.54, 1.807) is 0 Å². The summed E-state index contributed by atoms with van der Waals surface area (Å²) in [5, 5.41) is 3.50. The Hall–Kier alpha value is -1.80. The van der Waals surface area contributed by atoms with Gasteiger partial charge in [0, 0.05) is 18.8 Å². The lowest BCUT2D eigenvalue weighted by molar-refractivity contribution is 0.402. The Labute approximate surface area is 128 Å². The first-order chi connectivity index (χ1) is 10.0. The molecule has 21 heavy (non-hydrogen) atoms. The van der Waals surface area contributed by atoms with E-state index >= 15 is 0 Å². The molecule has 0 atom stereocenters. The summed E-state index contributed by atoms with van der Waals surface area (Å²) >= 11 is 0. The van der Waals surface area contributed by atoms with E-state index in [0.29, 0.717) is 5.92 Å². The van der Waals surface area contributed by atoms with Crippen LogP contribution in [0.4, 0.5) is 5.69 Å². The Kier molecular flexibility index (Phi) is 5.40. The highest BCUT2D eigenvalue weighted by Crippen LogP contribution is 2.16. The van der Waals surface area contributed by atoms with Crippen molar-refractivity contribution in [1.29, 1.82) is 0 Å². The smallest absolute Gasteiger partial charge is 0.0400 e. The van der Waals surface area contributed by atoms with Crippen molar-refractivity contribution >= 4 is 5.69 Å². The van der Waals surface area contributed by atoms with E-state index in [1.807, 2.05) is 0 Å². The van der Waals surface area contributed by atoms with E-state index in [0.717, 1.165) is 13.1 Å². The van der Waals surface area contributed by atoms with Gasteiger partial charge in [-0.3, -0.25) is 0 Å². The van der Waals surface area contributed by atoms with Gasteiger partial charge in [-0.15, -0.1) is 0 Å². The minimum atomic E-state index is 0.592. The third-order valence-corrected chi connectivity index (χ3v) is 3.57. The van der Waals surface area contributed by atoms with E-state index in [4.69, 9.17) is 0 Å². The lowest BCUT2D eigenvalue weighted by Crippen LogP contribution is -2.10. The second-order valence-electron chi connectivity index (χ2n) is 6.19. The molecule has 112 valence electrons. The SMILES string of the molecule is CC(C)c1ccc(CNc2cccc(CN(C)C)c2)cc1. The van der Waals surface area contributed by atoms with Crippen LogP contribution in [0.15, 0.2) is 48.5 Å². The van der Waals surface area contributed by atoms with E-state index in [1.165, 1.54) is 22.4 Å². The molecule has 2 aromatic carbocycles. The maximum atomic E-state index is 3.50. The average Bonchev–Trinajstić information content (AvgIpc) is 2.45. The van der Waals surface area contributed by atoms with Crippen molar-refractivity contribution in [2.24, 2.45) is 0 Å². The minimum absolute atomic E-state index is 0.592. The van der Waals surface area contributed by atoms with Crippen molar-refractivity contribution < 1.29 is 0 Å². The van der Waals surface area contributed by atoms with Gasteiger partial charge in [0.15, 0.2) is 0 Å². The van der Waals surface area contributed by atoms with Crippen LogP contribution in [0, 0.1) is 0 Å². The van der Waals surface area contributed by atoms with Gasteiger partial charge in [-0.25, -0.2) is 0 Å². The van der Waals surface area contributed by atoms with Gasteiger partial charge in [-0.2, -0.15) is 0 Å². The Bertz CT molecular complexity index is 556. The van der Waals surface area contributed by atoms with Gasteiger partial charge < -0.3 is 10.2 Å². The van der Waals surface area contributed by atoms with Crippen LogP contribution in [0.1, 0.15) is 36.5 Å². The maximum Gasteiger partial charge on any atom is 0.0400 e. The van der Waals surface area contributed by atoms with Crippen molar-refractivity contribution in [2.75, 3.05) is 19.4 Å². The molecular weight excluding hydrogens is 256 g/mol. The number of anilines is 1. The lowest BCUT2D eigenvalue weighted by atomic mass is 10.0. The number of nitrogens with zero attached hydrogens (tertiary/aromatic N) is 1. The van der Waals surface area contributed by atoms with Gasteiger partial charge in [0.05, 0.1) is 0 Å². The van der Waals surface area contributed by atoms with Crippen molar-refractivity contribution in [3.8, 4) is 0 Å².